The van der Waals surface area contributed by atoms with Crippen LogP contribution in [-0.4, -0.2) is 66.2 Å². The zero-order valence-electron chi connectivity index (χ0n) is 19.0. The average Bonchev–Trinajstić information content (AvgIpc) is 3.20. The van der Waals surface area contributed by atoms with Gasteiger partial charge in [0.25, 0.3) is 5.91 Å². The van der Waals surface area contributed by atoms with E-state index >= 15 is 0 Å². The number of carbonyl (C=O) groups excluding carboxylic acids is 1. The number of benzene rings is 2. The van der Waals surface area contributed by atoms with Crippen LogP contribution in [-0.2, 0) is 10.2 Å². The molecule has 6 rings (SSSR count). The van der Waals surface area contributed by atoms with Crippen LogP contribution >= 0.6 is 0 Å². The minimum atomic E-state index is -0.304. The number of amides is 1. The molecule has 3 aliphatic heterocycles. The highest BCUT2D eigenvalue weighted by Crippen LogP contribution is 2.48. The topological polar surface area (TPSA) is 70.6 Å². The van der Waals surface area contributed by atoms with Gasteiger partial charge in [0.2, 0.25) is 5.95 Å². The van der Waals surface area contributed by atoms with Crippen molar-refractivity contribution in [1.29, 1.82) is 0 Å². The lowest BCUT2D eigenvalue weighted by molar-refractivity contribution is -0.0507. The van der Waals surface area contributed by atoms with E-state index in [0.717, 1.165) is 24.3 Å². The first-order valence-corrected chi connectivity index (χ1v) is 11.6. The van der Waals surface area contributed by atoms with Crippen molar-refractivity contribution in [2.45, 2.75) is 18.4 Å². The van der Waals surface area contributed by atoms with Gasteiger partial charge < -0.3 is 19.9 Å². The minimum Gasteiger partial charge on any atom is -0.379 e. The van der Waals surface area contributed by atoms with Gasteiger partial charge in [0, 0.05) is 67.0 Å². The molecule has 0 bridgehead atoms. The summed E-state index contributed by atoms with van der Waals surface area (Å²) in [6.45, 7) is 6.30. The Labute approximate surface area is 197 Å². The minimum absolute atomic E-state index is 0.0402. The summed E-state index contributed by atoms with van der Waals surface area (Å²) in [7, 11) is 0. The van der Waals surface area contributed by atoms with Gasteiger partial charge in [-0.2, -0.15) is 0 Å². The van der Waals surface area contributed by atoms with Crippen LogP contribution < -0.4 is 10.2 Å². The Hall–Kier alpha value is -3.36. The van der Waals surface area contributed by atoms with Crippen molar-refractivity contribution < 1.29 is 13.9 Å². The smallest absolute Gasteiger partial charge is 0.254 e. The van der Waals surface area contributed by atoms with E-state index in [4.69, 9.17) is 4.74 Å². The molecular weight excluding hydrogens is 433 g/mol. The van der Waals surface area contributed by atoms with Gasteiger partial charge in [-0.05, 0) is 30.7 Å². The molecule has 0 unspecified atom stereocenters. The van der Waals surface area contributed by atoms with E-state index in [1.807, 2.05) is 17.0 Å². The van der Waals surface area contributed by atoms with E-state index in [1.165, 1.54) is 6.07 Å². The van der Waals surface area contributed by atoms with Gasteiger partial charge in [0.1, 0.15) is 5.82 Å². The van der Waals surface area contributed by atoms with Crippen molar-refractivity contribution in [3.05, 3.63) is 71.8 Å². The van der Waals surface area contributed by atoms with Crippen molar-refractivity contribution in [1.82, 2.24) is 20.2 Å². The maximum atomic E-state index is 14.2. The number of nitrogens with one attached hydrogen (secondary N) is 1. The average molecular weight is 460 g/mol. The third kappa shape index (κ3) is 3.36. The van der Waals surface area contributed by atoms with Crippen LogP contribution in [0.5, 0.6) is 0 Å². The van der Waals surface area contributed by atoms with Crippen LogP contribution in [0.15, 0.2) is 54.9 Å². The first kappa shape index (κ1) is 21.2. The summed E-state index contributed by atoms with van der Waals surface area (Å²) in [6, 6.07) is 12.7. The van der Waals surface area contributed by atoms with E-state index in [1.54, 1.807) is 30.6 Å². The van der Waals surface area contributed by atoms with Gasteiger partial charge in [-0.3, -0.25) is 4.79 Å². The van der Waals surface area contributed by atoms with Crippen LogP contribution in [0.2, 0.25) is 0 Å². The summed E-state index contributed by atoms with van der Waals surface area (Å²) in [4.78, 5) is 26.5. The van der Waals surface area contributed by atoms with Gasteiger partial charge in [0.15, 0.2) is 0 Å². The summed E-state index contributed by atoms with van der Waals surface area (Å²) in [6.07, 6.45) is 3.31. The number of piperazine rings is 1. The Morgan fingerprint density at radius 1 is 1.18 bits per heavy atom. The number of nitrogens with zero attached hydrogens (tertiary/aromatic N) is 4. The van der Waals surface area contributed by atoms with Crippen LogP contribution in [0.4, 0.5) is 16.0 Å². The Bertz CT molecular complexity index is 1240. The fourth-order valence-corrected chi connectivity index (χ4v) is 5.19. The van der Waals surface area contributed by atoms with E-state index in [-0.39, 0.29) is 23.2 Å². The monoisotopic (exact) mass is 459 g/mol. The third-order valence-corrected chi connectivity index (χ3v) is 7.15. The molecule has 2 aromatic carbocycles. The fraction of sp³-hybridized carbons (Fsp3) is 0.346. The summed E-state index contributed by atoms with van der Waals surface area (Å²) in [5.74, 6) is 0.268. The van der Waals surface area contributed by atoms with Crippen molar-refractivity contribution in [2.75, 3.05) is 44.3 Å². The molecule has 4 heterocycles. The molecule has 34 heavy (non-hydrogen) atoms. The number of ether oxygens (including phenoxy) is 1. The largest absolute Gasteiger partial charge is 0.379 e. The number of aromatic nitrogens is 2. The SMILES string of the molecule is C[C@H]1CNCCN1C(=O)c1ccc2c(c1)N(c1ncc(-c3ccccc3F)cn1)CC21COC1. The predicted octanol–water partition coefficient (Wildman–Crippen LogP) is 3.14. The zero-order valence-corrected chi connectivity index (χ0v) is 19.0. The molecule has 1 amide bonds. The highest BCUT2D eigenvalue weighted by molar-refractivity contribution is 5.96. The zero-order chi connectivity index (χ0) is 23.3. The summed E-state index contributed by atoms with van der Waals surface area (Å²) >= 11 is 0. The summed E-state index contributed by atoms with van der Waals surface area (Å²) in [5.41, 5.74) is 3.74. The molecule has 1 atom stereocenters. The van der Waals surface area contributed by atoms with E-state index < -0.39 is 0 Å². The normalized spacial score (nSPS) is 20.8. The Balaban J connectivity index is 1.35. The molecule has 174 valence electrons. The van der Waals surface area contributed by atoms with Crippen LogP contribution in [0, 0.1) is 5.82 Å². The predicted molar refractivity (Wildman–Crippen MR) is 127 cm³/mol. The Kier molecular flexibility index (Phi) is 5.08. The molecule has 1 spiro atoms. The lowest BCUT2D eigenvalue weighted by atomic mass is 9.80. The molecule has 1 N–H and O–H groups in total. The Morgan fingerprint density at radius 3 is 2.68 bits per heavy atom. The standard InChI is InChI=1S/C26H26FN5O2/c1-17-11-28-8-9-31(17)24(33)18-6-7-21-23(10-18)32(14-26(21)15-34-16-26)25-29-12-19(13-30-25)20-4-2-3-5-22(20)27/h2-7,10,12-13,17,28H,8-9,11,14-16H2,1H3/t17-/m0/s1. The molecule has 2 saturated heterocycles. The van der Waals surface area contributed by atoms with E-state index in [9.17, 15) is 9.18 Å². The van der Waals surface area contributed by atoms with Crippen LogP contribution in [0.3, 0.4) is 0 Å². The van der Waals surface area contributed by atoms with Gasteiger partial charge in [-0.15, -0.1) is 0 Å². The highest BCUT2D eigenvalue weighted by Gasteiger charge is 2.49. The second-order valence-corrected chi connectivity index (χ2v) is 9.39. The first-order chi connectivity index (χ1) is 16.6. The molecule has 7 nitrogen and oxygen atoms in total. The van der Waals surface area contributed by atoms with Crippen LogP contribution in [0.25, 0.3) is 11.1 Å². The van der Waals surface area contributed by atoms with Crippen LogP contribution in [0.1, 0.15) is 22.8 Å². The number of anilines is 2. The number of rotatable bonds is 3. The van der Waals surface area contributed by atoms with E-state index in [0.29, 0.717) is 48.9 Å². The number of fused-ring (bicyclic) bond motifs is 2. The van der Waals surface area contributed by atoms with Gasteiger partial charge in [0.05, 0.1) is 18.6 Å². The molecule has 3 aliphatic rings. The maximum Gasteiger partial charge on any atom is 0.254 e. The molecular formula is C26H26FN5O2. The number of halogens is 1. The molecule has 8 heteroatoms. The molecule has 0 saturated carbocycles. The van der Waals surface area contributed by atoms with Gasteiger partial charge in [-0.25, -0.2) is 14.4 Å². The molecule has 0 aliphatic carbocycles. The maximum absolute atomic E-state index is 14.2. The number of hydrogen-bond acceptors (Lipinski definition) is 6. The fourth-order valence-electron chi connectivity index (χ4n) is 5.19. The first-order valence-electron chi connectivity index (χ1n) is 11.6. The molecule has 0 radical (unpaired) electrons. The Morgan fingerprint density at radius 2 is 1.97 bits per heavy atom. The number of hydrogen-bond donors (Lipinski definition) is 1. The molecule has 1 aromatic heterocycles. The van der Waals surface area contributed by atoms with Gasteiger partial charge in [-0.1, -0.05) is 24.3 Å². The van der Waals surface area contributed by atoms with Crippen molar-refractivity contribution in [3.63, 3.8) is 0 Å². The van der Waals surface area contributed by atoms with E-state index in [2.05, 4.69) is 33.2 Å². The quantitative estimate of drug-likeness (QED) is 0.649. The van der Waals surface area contributed by atoms with Gasteiger partial charge >= 0.3 is 0 Å². The molecule has 2 fully saturated rings. The van der Waals surface area contributed by atoms with Crippen molar-refractivity contribution in [3.8, 4) is 11.1 Å². The number of carbonyl (C=O) groups is 1. The summed E-state index contributed by atoms with van der Waals surface area (Å²) < 4.78 is 19.8. The summed E-state index contributed by atoms with van der Waals surface area (Å²) in [5, 5.41) is 3.33. The second-order valence-electron chi connectivity index (χ2n) is 9.39. The molecule has 3 aromatic rings. The lowest BCUT2D eigenvalue weighted by Gasteiger charge is -2.38. The highest BCUT2D eigenvalue weighted by atomic mass is 19.1. The third-order valence-electron chi connectivity index (χ3n) is 7.15. The second kappa shape index (κ2) is 8.14. The lowest BCUT2D eigenvalue weighted by Crippen LogP contribution is -2.52. The van der Waals surface area contributed by atoms with Crippen molar-refractivity contribution >= 4 is 17.5 Å². The van der Waals surface area contributed by atoms with Crippen molar-refractivity contribution in [2.24, 2.45) is 0 Å².